The number of aromatic amines is 1. The van der Waals surface area contributed by atoms with E-state index in [0.717, 1.165) is 49.9 Å². The van der Waals surface area contributed by atoms with Gasteiger partial charge in [0, 0.05) is 43.3 Å². The van der Waals surface area contributed by atoms with Crippen molar-refractivity contribution in [1.82, 2.24) is 20.1 Å². The molecular weight excluding hydrogens is 352 g/mol. The van der Waals surface area contributed by atoms with Gasteiger partial charge in [-0.3, -0.25) is 14.5 Å². The van der Waals surface area contributed by atoms with Crippen LogP contribution in [0.25, 0.3) is 10.9 Å². The second-order valence-electron chi connectivity index (χ2n) is 8.43. The van der Waals surface area contributed by atoms with Crippen LogP contribution < -0.4 is 5.32 Å². The third-order valence-electron chi connectivity index (χ3n) is 6.33. The lowest BCUT2D eigenvalue weighted by Crippen LogP contribution is -2.51. The highest BCUT2D eigenvalue weighted by atomic mass is 16.2. The molecule has 2 fully saturated rings. The largest absolute Gasteiger partial charge is 0.358 e. The number of para-hydroxylation sites is 1. The minimum absolute atomic E-state index is 0.103. The molecule has 6 heteroatoms. The number of carbonyl (C=O) groups is 2. The first-order chi connectivity index (χ1) is 13.7. The first-order valence-electron chi connectivity index (χ1n) is 10.6. The molecule has 1 aromatic carbocycles. The highest BCUT2D eigenvalue weighted by molar-refractivity contribution is 6.06. The Bertz CT molecular complexity index is 907. The Labute approximate surface area is 165 Å². The zero-order chi connectivity index (χ0) is 19.1. The van der Waals surface area contributed by atoms with E-state index in [1.165, 1.54) is 29.5 Å². The number of nitrogens with one attached hydrogen (secondary N) is 2. The fourth-order valence-electron chi connectivity index (χ4n) is 4.59. The van der Waals surface area contributed by atoms with Crippen molar-refractivity contribution in [2.75, 3.05) is 32.7 Å². The van der Waals surface area contributed by atoms with Gasteiger partial charge in [0.05, 0.1) is 17.6 Å². The van der Waals surface area contributed by atoms with Gasteiger partial charge in [0.1, 0.15) is 0 Å². The van der Waals surface area contributed by atoms with Crippen molar-refractivity contribution in [1.29, 1.82) is 0 Å². The van der Waals surface area contributed by atoms with Gasteiger partial charge in [0.2, 0.25) is 5.91 Å². The zero-order valence-electron chi connectivity index (χ0n) is 16.3. The monoisotopic (exact) mass is 380 g/mol. The second-order valence-corrected chi connectivity index (χ2v) is 8.43. The quantitative estimate of drug-likeness (QED) is 0.853. The number of aromatic nitrogens is 1. The fourth-order valence-corrected chi connectivity index (χ4v) is 4.59. The van der Waals surface area contributed by atoms with Gasteiger partial charge < -0.3 is 15.2 Å². The summed E-state index contributed by atoms with van der Waals surface area (Å²) in [5.41, 5.74) is 4.51. The Kier molecular flexibility index (Phi) is 4.59. The van der Waals surface area contributed by atoms with Crippen LogP contribution in [0.2, 0.25) is 0 Å². The van der Waals surface area contributed by atoms with E-state index < -0.39 is 0 Å². The molecule has 5 rings (SSSR count). The van der Waals surface area contributed by atoms with Crippen molar-refractivity contribution < 1.29 is 9.59 Å². The molecule has 3 aliphatic rings. The highest BCUT2D eigenvalue weighted by Gasteiger charge is 2.28. The minimum Gasteiger partial charge on any atom is -0.358 e. The average molecular weight is 380 g/mol. The van der Waals surface area contributed by atoms with Crippen molar-refractivity contribution in [3.8, 4) is 0 Å². The van der Waals surface area contributed by atoms with E-state index >= 15 is 0 Å². The van der Waals surface area contributed by atoms with Crippen molar-refractivity contribution in [2.24, 2.45) is 0 Å². The maximum Gasteiger partial charge on any atom is 0.256 e. The van der Waals surface area contributed by atoms with Crippen LogP contribution in [0.3, 0.4) is 0 Å². The third-order valence-corrected chi connectivity index (χ3v) is 6.33. The molecule has 2 aliphatic carbocycles. The first-order valence-corrected chi connectivity index (χ1v) is 10.6. The maximum atomic E-state index is 13.2. The van der Waals surface area contributed by atoms with Gasteiger partial charge in [-0.2, -0.15) is 0 Å². The number of H-pyrrole nitrogens is 1. The van der Waals surface area contributed by atoms with Gasteiger partial charge in [-0.25, -0.2) is 0 Å². The molecule has 0 atom stereocenters. The van der Waals surface area contributed by atoms with E-state index in [9.17, 15) is 9.59 Å². The van der Waals surface area contributed by atoms with Crippen LogP contribution >= 0.6 is 0 Å². The Hall–Kier alpha value is -2.34. The summed E-state index contributed by atoms with van der Waals surface area (Å²) in [6, 6.07) is 6.50. The number of benzene rings is 1. The zero-order valence-corrected chi connectivity index (χ0v) is 16.3. The molecular formula is C22H28N4O2. The Morgan fingerprint density at radius 3 is 2.64 bits per heavy atom. The first kappa shape index (κ1) is 17.7. The van der Waals surface area contributed by atoms with Crippen molar-refractivity contribution in [3.63, 3.8) is 0 Å². The number of hydrogen-bond donors (Lipinski definition) is 2. The molecule has 0 unspecified atom stereocenters. The molecule has 1 aromatic heterocycles. The summed E-state index contributed by atoms with van der Waals surface area (Å²) in [6.07, 6.45) is 6.87. The van der Waals surface area contributed by atoms with Crippen LogP contribution in [0.1, 0.15) is 47.3 Å². The third kappa shape index (κ3) is 3.41. The fraction of sp³-hybridized carbons (Fsp3) is 0.545. The van der Waals surface area contributed by atoms with Crippen LogP contribution in [0, 0.1) is 0 Å². The Balaban J connectivity index is 1.27. The Morgan fingerprint density at radius 2 is 1.86 bits per heavy atom. The van der Waals surface area contributed by atoms with Gasteiger partial charge in [-0.05, 0) is 50.2 Å². The smallest absolute Gasteiger partial charge is 0.256 e. The molecule has 1 saturated heterocycles. The predicted octanol–water partition coefficient (Wildman–Crippen LogP) is 2.08. The molecule has 2 amide bonds. The van der Waals surface area contributed by atoms with E-state index in [0.29, 0.717) is 25.7 Å². The van der Waals surface area contributed by atoms with Crippen LogP contribution in [-0.4, -0.2) is 65.4 Å². The number of aryl methyl sites for hydroxylation is 2. The topological polar surface area (TPSA) is 68.4 Å². The summed E-state index contributed by atoms with van der Waals surface area (Å²) in [6.45, 7) is 3.29. The molecule has 0 spiro atoms. The minimum atomic E-state index is 0.103. The standard InChI is InChI=1S/C22H28N4O2/c27-20(23-15-8-9-15)14-25-10-12-26(13-11-25)22(28)18-6-3-5-17-16-4-1-2-7-19(16)24-21(17)18/h3,5-6,15,24H,1-2,4,7-14H2,(H,23,27). The molecule has 1 saturated carbocycles. The predicted molar refractivity (Wildman–Crippen MR) is 108 cm³/mol. The van der Waals surface area contributed by atoms with Crippen molar-refractivity contribution >= 4 is 22.7 Å². The van der Waals surface area contributed by atoms with Crippen LogP contribution in [0.5, 0.6) is 0 Å². The summed E-state index contributed by atoms with van der Waals surface area (Å²) >= 11 is 0. The van der Waals surface area contributed by atoms with Crippen molar-refractivity contribution in [2.45, 2.75) is 44.6 Å². The SMILES string of the molecule is O=C(CN1CCN(C(=O)c2cccc3c4c([nH]c23)CCCC4)CC1)NC1CC1. The summed E-state index contributed by atoms with van der Waals surface area (Å²) in [5.74, 6) is 0.218. The van der Waals surface area contributed by atoms with E-state index in [2.05, 4.69) is 21.3 Å². The van der Waals surface area contributed by atoms with Crippen LogP contribution in [0.15, 0.2) is 18.2 Å². The average Bonchev–Trinajstić information content (AvgIpc) is 3.44. The number of carbonyl (C=O) groups excluding carboxylic acids is 2. The highest BCUT2D eigenvalue weighted by Crippen LogP contribution is 2.31. The molecule has 6 nitrogen and oxygen atoms in total. The van der Waals surface area contributed by atoms with Gasteiger partial charge in [0.25, 0.3) is 5.91 Å². The molecule has 2 heterocycles. The van der Waals surface area contributed by atoms with E-state index in [-0.39, 0.29) is 11.8 Å². The lowest BCUT2D eigenvalue weighted by molar-refractivity contribution is -0.122. The van der Waals surface area contributed by atoms with Gasteiger partial charge in [-0.15, -0.1) is 0 Å². The molecule has 2 N–H and O–H groups in total. The normalized spacial score (nSPS) is 20.2. The number of piperazine rings is 1. The van der Waals surface area contributed by atoms with Gasteiger partial charge >= 0.3 is 0 Å². The summed E-state index contributed by atoms with van der Waals surface area (Å²) in [4.78, 5) is 32.9. The van der Waals surface area contributed by atoms with Gasteiger partial charge in [-0.1, -0.05) is 12.1 Å². The van der Waals surface area contributed by atoms with Gasteiger partial charge in [0.15, 0.2) is 0 Å². The van der Waals surface area contributed by atoms with E-state index in [4.69, 9.17) is 0 Å². The number of rotatable bonds is 4. The summed E-state index contributed by atoms with van der Waals surface area (Å²) in [5, 5.41) is 4.26. The number of fused-ring (bicyclic) bond motifs is 3. The Morgan fingerprint density at radius 1 is 1.07 bits per heavy atom. The van der Waals surface area contributed by atoms with Crippen LogP contribution in [0.4, 0.5) is 0 Å². The molecule has 1 aliphatic heterocycles. The van der Waals surface area contributed by atoms with Crippen LogP contribution in [-0.2, 0) is 17.6 Å². The molecule has 0 bridgehead atoms. The molecule has 0 radical (unpaired) electrons. The second kappa shape index (κ2) is 7.24. The van der Waals surface area contributed by atoms with E-state index in [1.54, 1.807) is 0 Å². The summed E-state index contributed by atoms with van der Waals surface area (Å²) in [7, 11) is 0. The lowest BCUT2D eigenvalue weighted by atomic mass is 9.95. The maximum absolute atomic E-state index is 13.2. The lowest BCUT2D eigenvalue weighted by Gasteiger charge is -2.34. The molecule has 28 heavy (non-hydrogen) atoms. The van der Waals surface area contributed by atoms with E-state index in [1.807, 2.05) is 17.0 Å². The molecule has 2 aromatic rings. The number of amides is 2. The number of nitrogens with zero attached hydrogens (tertiary/aromatic N) is 2. The summed E-state index contributed by atoms with van der Waals surface area (Å²) < 4.78 is 0. The van der Waals surface area contributed by atoms with Crippen molar-refractivity contribution in [3.05, 3.63) is 35.0 Å². The molecule has 148 valence electrons. The number of hydrogen-bond acceptors (Lipinski definition) is 3.